The normalized spacial score (nSPS) is 10.5. The number of ether oxygens (including phenoxy) is 1. The molecule has 0 aliphatic heterocycles. The molecule has 0 bridgehead atoms. The number of amides is 1. The second kappa shape index (κ2) is 8.29. The van der Waals surface area contributed by atoms with E-state index in [0.717, 1.165) is 15.7 Å². The maximum absolute atomic E-state index is 12.0. The van der Waals surface area contributed by atoms with E-state index in [4.69, 9.17) is 4.74 Å². The Morgan fingerprint density at radius 3 is 2.57 bits per heavy atom. The van der Waals surface area contributed by atoms with Crippen molar-refractivity contribution in [2.45, 2.75) is 0 Å². The lowest BCUT2D eigenvalue weighted by Gasteiger charge is -2.16. The number of halogens is 1. The molecule has 0 heterocycles. The van der Waals surface area contributed by atoms with Crippen LogP contribution in [0.1, 0.15) is 5.56 Å². The van der Waals surface area contributed by atoms with E-state index in [-0.39, 0.29) is 12.5 Å². The minimum absolute atomic E-state index is 0.291. The number of anilines is 1. The molecule has 23 heavy (non-hydrogen) atoms. The van der Waals surface area contributed by atoms with Gasteiger partial charge in [0.05, 0.1) is 0 Å². The molecule has 2 rings (SSSR count). The Morgan fingerprint density at radius 1 is 1.13 bits per heavy atom. The summed E-state index contributed by atoms with van der Waals surface area (Å²) < 4.78 is 5.89. The van der Waals surface area contributed by atoms with Crippen LogP contribution in [0, 0.1) is 0 Å². The molecule has 0 fully saturated rings. The zero-order chi connectivity index (χ0) is 16.7. The number of carbonyl (C=O) groups is 2. The molecule has 0 radical (unpaired) electrons. The van der Waals surface area contributed by atoms with Gasteiger partial charge in [0, 0.05) is 23.3 Å². The minimum Gasteiger partial charge on any atom is -0.452 e. The largest absolute Gasteiger partial charge is 0.452 e. The lowest BCUT2D eigenvalue weighted by molar-refractivity contribution is -0.142. The summed E-state index contributed by atoms with van der Waals surface area (Å²) in [7, 11) is 1.64. The lowest BCUT2D eigenvalue weighted by atomic mass is 10.2. The molecular formula is C18H16BrNO3. The number of esters is 1. The lowest BCUT2D eigenvalue weighted by Crippen LogP contribution is -2.30. The highest BCUT2D eigenvalue weighted by Crippen LogP contribution is 2.13. The van der Waals surface area contributed by atoms with Crippen molar-refractivity contribution in [3.8, 4) is 0 Å². The fourth-order valence-corrected chi connectivity index (χ4v) is 2.26. The predicted molar refractivity (Wildman–Crippen MR) is 94.0 cm³/mol. The van der Waals surface area contributed by atoms with Gasteiger partial charge in [-0.1, -0.05) is 46.3 Å². The number of rotatable bonds is 5. The standard InChI is InChI=1S/C18H16BrNO3/c1-20(16-8-3-2-4-9-16)17(21)13-23-18(22)11-10-14-6-5-7-15(19)12-14/h2-12H,13H2,1H3/b11-10+. The Morgan fingerprint density at radius 2 is 1.87 bits per heavy atom. The van der Waals surface area contributed by atoms with Gasteiger partial charge in [0.15, 0.2) is 6.61 Å². The first-order chi connectivity index (χ1) is 11.1. The number of likely N-dealkylation sites (N-methyl/N-ethyl adjacent to an activating group) is 1. The van der Waals surface area contributed by atoms with Gasteiger partial charge in [0.25, 0.3) is 5.91 Å². The summed E-state index contributed by atoms with van der Waals surface area (Å²) in [5.74, 6) is -0.847. The van der Waals surface area contributed by atoms with Gasteiger partial charge in [-0.05, 0) is 35.9 Å². The van der Waals surface area contributed by atoms with Crippen LogP contribution in [0.2, 0.25) is 0 Å². The van der Waals surface area contributed by atoms with Crippen molar-refractivity contribution in [1.82, 2.24) is 0 Å². The van der Waals surface area contributed by atoms with Crippen LogP contribution in [0.4, 0.5) is 5.69 Å². The van der Waals surface area contributed by atoms with E-state index >= 15 is 0 Å². The van der Waals surface area contributed by atoms with Crippen molar-refractivity contribution in [3.05, 3.63) is 70.7 Å². The van der Waals surface area contributed by atoms with E-state index in [0.29, 0.717) is 0 Å². The maximum Gasteiger partial charge on any atom is 0.331 e. The van der Waals surface area contributed by atoms with Gasteiger partial charge in [0.1, 0.15) is 0 Å². The third-order valence-corrected chi connectivity index (χ3v) is 3.61. The number of nitrogens with zero attached hydrogens (tertiary/aromatic N) is 1. The Kier molecular flexibility index (Phi) is 6.11. The Balaban J connectivity index is 1.85. The Labute approximate surface area is 143 Å². The Bertz CT molecular complexity index is 713. The van der Waals surface area contributed by atoms with Crippen LogP contribution < -0.4 is 4.90 Å². The first-order valence-electron chi connectivity index (χ1n) is 6.98. The molecule has 0 spiro atoms. The van der Waals surface area contributed by atoms with Crippen molar-refractivity contribution in [2.75, 3.05) is 18.6 Å². The molecular weight excluding hydrogens is 358 g/mol. The van der Waals surface area contributed by atoms with Crippen molar-refractivity contribution in [3.63, 3.8) is 0 Å². The topological polar surface area (TPSA) is 46.6 Å². The molecule has 0 unspecified atom stereocenters. The summed E-state index contributed by atoms with van der Waals surface area (Å²) in [6.07, 6.45) is 2.94. The predicted octanol–water partition coefficient (Wildman–Crippen LogP) is 3.67. The maximum atomic E-state index is 12.0. The molecule has 0 aromatic heterocycles. The fraction of sp³-hybridized carbons (Fsp3) is 0.111. The van der Waals surface area contributed by atoms with E-state index in [1.807, 2.05) is 54.6 Å². The average molecular weight is 374 g/mol. The molecule has 2 aromatic rings. The number of benzene rings is 2. The van der Waals surface area contributed by atoms with Gasteiger partial charge < -0.3 is 9.64 Å². The van der Waals surface area contributed by atoms with Crippen molar-refractivity contribution in [1.29, 1.82) is 0 Å². The van der Waals surface area contributed by atoms with Crippen LogP contribution in [0.5, 0.6) is 0 Å². The summed E-state index contributed by atoms with van der Waals surface area (Å²) in [6.45, 7) is -0.299. The SMILES string of the molecule is CN(C(=O)COC(=O)/C=C/c1cccc(Br)c1)c1ccccc1. The summed E-state index contributed by atoms with van der Waals surface area (Å²) >= 11 is 3.36. The molecule has 0 aliphatic rings. The number of hydrogen-bond acceptors (Lipinski definition) is 3. The number of hydrogen-bond donors (Lipinski definition) is 0. The van der Waals surface area contributed by atoms with Crippen LogP contribution in [-0.4, -0.2) is 25.5 Å². The highest BCUT2D eigenvalue weighted by atomic mass is 79.9. The molecule has 0 N–H and O–H groups in total. The number of carbonyl (C=O) groups excluding carboxylic acids is 2. The molecule has 2 aromatic carbocycles. The molecule has 4 nitrogen and oxygen atoms in total. The van der Waals surface area contributed by atoms with E-state index in [1.54, 1.807) is 13.1 Å². The average Bonchev–Trinajstić information content (AvgIpc) is 2.58. The third kappa shape index (κ3) is 5.38. The second-order valence-corrected chi connectivity index (χ2v) is 5.70. The highest BCUT2D eigenvalue weighted by molar-refractivity contribution is 9.10. The molecule has 0 aliphatic carbocycles. The van der Waals surface area contributed by atoms with Gasteiger partial charge >= 0.3 is 5.97 Å². The van der Waals surface area contributed by atoms with Crippen molar-refractivity contribution < 1.29 is 14.3 Å². The fourth-order valence-electron chi connectivity index (χ4n) is 1.85. The first kappa shape index (κ1) is 17.0. The van der Waals surface area contributed by atoms with E-state index in [1.165, 1.54) is 11.0 Å². The summed E-state index contributed by atoms with van der Waals surface area (Å²) in [5.41, 5.74) is 1.61. The smallest absolute Gasteiger partial charge is 0.331 e. The van der Waals surface area contributed by atoms with Crippen LogP contribution in [0.25, 0.3) is 6.08 Å². The van der Waals surface area contributed by atoms with Crippen LogP contribution in [-0.2, 0) is 14.3 Å². The van der Waals surface area contributed by atoms with Gasteiger partial charge in [0.2, 0.25) is 0 Å². The molecule has 0 saturated carbocycles. The quantitative estimate of drug-likeness (QED) is 0.593. The molecule has 0 atom stereocenters. The molecule has 0 saturated heterocycles. The van der Waals surface area contributed by atoms with E-state index in [2.05, 4.69) is 15.9 Å². The zero-order valence-electron chi connectivity index (χ0n) is 12.6. The molecule has 5 heteroatoms. The molecule has 118 valence electrons. The minimum atomic E-state index is -0.556. The monoisotopic (exact) mass is 373 g/mol. The van der Waals surface area contributed by atoms with E-state index in [9.17, 15) is 9.59 Å². The van der Waals surface area contributed by atoms with Crippen LogP contribution >= 0.6 is 15.9 Å². The third-order valence-electron chi connectivity index (χ3n) is 3.12. The summed E-state index contributed by atoms with van der Waals surface area (Å²) in [6, 6.07) is 16.7. The zero-order valence-corrected chi connectivity index (χ0v) is 14.2. The molecule has 1 amide bonds. The number of para-hydroxylation sites is 1. The van der Waals surface area contributed by atoms with Gasteiger partial charge in [-0.3, -0.25) is 4.79 Å². The van der Waals surface area contributed by atoms with Crippen LogP contribution in [0.15, 0.2) is 65.1 Å². The summed E-state index contributed by atoms with van der Waals surface area (Å²) in [5, 5.41) is 0. The van der Waals surface area contributed by atoms with Crippen LogP contribution in [0.3, 0.4) is 0 Å². The van der Waals surface area contributed by atoms with Gasteiger partial charge in [-0.15, -0.1) is 0 Å². The van der Waals surface area contributed by atoms with Gasteiger partial charge in [-0.25, -0.2) is 4.79 Å². The second-order valence-electron chi connectivity index (χ2n) is 4.78. The first-order valence-corrected chi connectivity index (χ1v) is 7.77. The summed E-state index contributed by atoms with van der Waals surface area (Å²) in [4.78, 5) is 25.1. The highest BCUT2D eigenvalue weighted by Gasteiger charge is 2.12. The van der Waals surface area contributed by atoms with Crippen molar-refractivity contribution >= 4 is 39.6 Å². The Hall–Kier alpha value is -2.40. The van der Waals surface area contributed by atoms with Crippen molar-refractivity contribution in [2.24, 2.45) is 0 Å². The van der Waals surface area contributed by atoms with Gasteiger partial charge in [-0.2, -0.15) is 0 Å². The van der Waals surface area contributed by atoms with E-state index < -0.39 is 5.97 Å².